The first kappa shape index (κ1) is 19.7. The van der Waals surface area contributed by atoms with E-state index in [0.717, 1.165) is 0 Å². The largest absolute Gasteiger partial charge is 0.361 e. The maximum absolute atomic E-state index is 3.53. The summed E-state index contributed by atoms with van der Waals surface area (Å²) in [7, 11) is 0. The third-order valence-corrected chi connectivity index (χ3v) is 6.63. The number of fused-ring (bicyclic) bond motifs is 2. The Balaban J connectivity index is 1.91. The number of H-pyrrole nitrogens is 1. The van der Waals surface area contributed by atoms with Crippen LogP contribution in [0.25, 0.3) is 21.8 Å². The third-order valence-electron chi connectivity index (χ3n) is 6.63. The van der Waals surface area contributed by atoms with Gasteiger partial charge in [0.2, 0.25) is 0 Å². The Labute approximate surface area is 184 Å². The van der Waals surface area contributed by atoms with Crippen LogP contribution in [0.3, 0.4) is 0 Å². The Morgan fingerprint density at radius 3 is 2.39 bits per heavy atom. The van der Waals surface area contributed by atoms with Crippen molar-refractivity contribution in [1.29, 1.82) is 0 Å². The summed E-state index contributed by atoms with van der Waals surface area (Å²) in [6.45, 7) is 11.3. The van der Waals surface area contributed by atoms with Crippen molar-refractivity contribution in [1.82, 2.24) is 9.55 Å². The molecule has 5 rings (SSSR count). The van der Waals surface area contributed by atoms with Gasteiger partial charge in [0, 0.05) is 39.7 Å². The summed E-state index contributed by atoms with van der Waals surface area (Å²) in [5.74, 6) is 0.158. The number of nitrogens with one attached hydrogen (secondary N) is 1. The van der Waals surface area contributed by atoms with E-state index in [0.29, 0.717) is 6.04 Å². The molecule has 2 heterocycles. The molecule has 1 N–H and O–H groups in total. The van der Waals surface area contributed by atoms with Crippen LogP contribution in [-0.2, 0) is 0 Å². The molecule has 0 aliphatic carbocycles. The lowest BCUT2D eigenvalue weighted by atomic mass is 9.85. The minimum atomic E-state index is 0.158. The van der Waals surface area contributed by atoms with Gasteiger partial charge in [-0.15, -0.1) is 0 Å². The maximum Gasteiger partial charge on any atom is 0.0517 e. The van der Waals surface area contributed by atoms with Gasteiger partial charge in [0.05, 0.1) is 5.92 Å². The minimum Gasteiger partial charge on any atom is -0.361 e. The van der Waals surface area contributed by atoms with Gasteiger partial charge in [-0.2, -0.15) is 0 Å². The van der Waals surface area contributed by atoms with Crippen molar-refractivity contribution in [2.75, 3.05) is 0 Å². The van der Waals surface area contributed by atoms with Crippen LogP contribution in [0.4, 0.5) is 0 Å². The highest BCUT2D eigenvalue weighted by Gasteiger charge is 2.28. The van der Waals surface area contributed by atoms with Crippen molar-refractivity contribution in [3.05, 3.63) is 106 Å². The summed E-state index contributed by atoms with van der Waals surface area (Å²) in [5, 5.41) is 2.69. The molecule has 31 heavy (non-hydrogen) atoms. The van der Waals surface area contributed by atoms with Crippen LogP contribution in [0.15, 0.2) is 72.9 Å². The lowest BCUT2D eigenvalue weighted by molar-refractivity contribution is 0.588. The average Bonchev–Trinajstić information content (AvgIpc) is 3.29. The van der Waals surface area contributed by atoms with Gasteiger partial charge < -0.3 is 9.55 Å². The highest BCUT2D eigenvalue weighted by molar-refractivity contribution is 5.90. The second-order valence-electron chi connectivity index (χ2n) is 9.08. The fourth-order valence-electron chi connectivity index (χ4n) is 5.36. The highest BCUT2D eigenvalue weighted by atomic mass is 15.0. The standard InChI is InChI=1S/C29H30N2/c1-18(2)31-26-15-9-11-20(4)27(26)21(5)29(31)28(22-12-8-10-19(3)16-22)24-17-30-25-14-7-6-13-23(24)25/h6-18,28,30H,1-5H3/t28-/m0/s1. The summed E-state index contributed by atoms with van der Waals surface area (Å²) in [4.78, 5) is 3.53. The van der Waals surface area contributed by atoms with Gasteiger partial charge >= 0.3 is 0 Å². The van der Waals surface area contributed by atoms with Crippen LogP contribution in [0.5, 0.6) is 0 Å². The van der Waals surface area contributed by atoms with Crippen molar-refractivity contribution in [3.63, 3.8) is 0 Å². The average molecular weight is 407 g/mol. The van der Waals surface area contributed by atoms with Gasteiger partial charge in [0.1, 0.15) is 0 Å². The summed E-state index contributed by atoms with van der Waals surface area (Å²) < 4.78 is 2.56. The van der Waals surface area contributed by atoms with Crippen LogP contribution >= 0.6 is 0 Å². The van der Waals surface area contributed by atoms with Crippen LogP contribution in [0.1, 0.15) is 59.3 Å². The predicted molar refractivity (Wildman–Crippen MR) is 132 cm³/mol. The number of hydrogen-bond acceptors (Lipinski definition) is 0. The molecule has 0 amide bonds. The molecular formula is C29H30N2. The molecule has 0 radical (unpaired) electrons. The van der Waals surface area contributed by atoms with E-state index in [1.54, 1.807) is 0 Å². The van der Waals surface area contributed by atoms with Crippen molar-refractivity contribution in [2.24, 2.45) is 0 Å². The second kappa shape index (κ2) is 7.46. The summed E-state index contributed by atoms with van der Waals surface area (Å²) in [6.07, 6.45) is 2.21. The molecule has 0 saturated carbocycles. The Morgan fingerprint density at radius 2 is 1.61 bits per heavy atom. The molecule has 2 aromatic heterocycles. The zero-order valence-electron chi connectivity index (χ0n) is 19.0. The number of para-hydroxylation sites is 1. The summed E-state index contributed by atoms with van der Waals surface area (Å²) >= 11 is 0. The highest BCUT2D eigenvalue weighted by Crippen LogP contribution is 2.43. The molecule has 0 aliphatic rings. The van der Waals surface area contributed by atoms with Crippen molar-refractivity contribution in [3.8, 4) is 0 Å². The number of nitrogens with zero attached hydrogens (tertiary/aromatic N) is 1. The van der Waals surface area contributed by atoms with E-state index >= 15 is 0 Å². The molecule has 5 aromatic rings. The molecule has 156 valence electrons. The van der Waals surface area contributed by atoms with Crippen LogP contribution in [0, 0.1) is 20.8 Å². The molecule has 0 bridgehead atoms. The first-order valence-electron chi connectivity index (χ1n) is 11.2. The molecular weight excluding hydrogens is 376 g/mol. The monoisotopic (exact) mass is 406 g/mol. The van der Waals surface area contributed by atoms with Gasteiger partial charge in [-0.3, -0.25) is 0 Å². The van der Waals surface area contributed by atoms with Crippen molar-refractivity contribution >= 4 is 21.8 Å². The van der Waals surface area contributed by atoms with E-state index in [-0.39, 0.29) is 5.92 Å². The fourth-order valence-corrected chi connectivity index (χ4v) is 5.36. The van der Waals surface area contributed by atoms with E-state index in [4.69, 9.17) is 0 Å². The van der Waals surface area contributed by atoms with Gasteiger partial charge in [-0.05, 0) is 69.0 Å². The number of hydrogen-bond donors (Lipinski definition) is 1. The quantitative estimate of drug-likeness (QED) is 0.314. The molecule has 3 aromatic carbocycles. The Kier molecular flexibility index (Phi) is 4.74. The number of rotatable bonds is 4. The summed E-state index contributed by atoms with van der Waals surface area (Å²) in [6, 6.07) is 24.7. The molecule has 0 fully saturated rings. The number of aryl methyl sites for hydroxylation is 3. The van der Waals surface area contributed by atoms with E-state index in [2.05, 4.69) is 117 Å². The lowest BCUT2D eigenvalue weighted by Crippen LogP contribution is -2.13. The van der Waals surface area contributed by atoms with Crippen molar-refractivity contribution < 1.29 is 0 Å². The van der Waals surface area contributed by atoms with E-state index < -0.39 is 0 Å². The van der Waals surface area contributed by atoms with Gasteiger partial charge in [0.25, 0.3) is 0 Å². The molecule has 1 atom stereocenters. The van der Waals surface area contributed by atoms with Crippen LogP contribution < -0.4 is 0 Å². The maximum atomic E-state index is 3.53. The Morgan fingerprint density at radius 1 is 0.839 bits per heavy atom. The Bertz CT molecular complexity index is 1400. The minimum absolute atomic E-state index is 0.158. The first-order valence-corrected chi connectivity index (χ1v) is 11.2. The number of aromatic amines is 1. The molecule has 2 nitrogen and oxygen atoms in total. The molecule has 2 heteroatoms. The van der Waals surface area contributed by atoms with Gasteiger partial charge in [-0.1, -0.05) is 60.2 Å². The molecule has 0 saturated heterocycles. The number of aromatic nitrogens is 2. The predicted octanol–water partition coefficient (Wildman–Crippen LogP) is 7.81. The van der Waals surface area contributed by atoms with E-state index in [1.165, 1.54) is 55.3 Å². The van der Waals surface area contributed by atoms with Crippen LogP contribution in [-0.4, -0.2) is 9.55 Å². The zero-order valence-corrected chi connectivity index (χ0v) is 19.0. The van der Waals surface area contributed by atoms with Crippen molar-refractivity contribution in [2.45, 2.75) is 46.6 Å². The topological polar surface area (TPSA) is 20.7 Å². The van der Waals surface area contributed by atoms with Crippen LogP contribution in [0.2, 0.25) is 0 Å². The Hall–Kier alpha value is -3.26. The number of benzene rings is 3. The second-order valence-corrected chi connectivity index (χ2v) is 9.08. The third kappa shape index (κ3) is 3.09. The van der Waals surface area contributed by atoms with E-state index in [9.17, 15) is 0 Å². The molecule has 0 aliphatic heterocycles. The normalized spacial score (nSPS) is 12.8. The molecule has 0 unspecified atom stereocenters. The van der Waals surface area contributed by atoms with E-state index in [1.807, 2.05) is 0 Å². The summed E-state index contributed by atoms with van der Waals surface area (Å²) in [5.41, 5.74) is 10.6. The zero-order chi connectivity index (χ0) is 21.7. The fraction of sp³-hybridized carbons (Fsp3) is 0.241. The lowest BCUT2D eigenvalue weighted by Gasteiger charge is -2.24. The smallest absolute Gasteiger partial charge is 0.0517 e. The first-order chi connectivity index (χ1) is 15.0. The SMILES string of the molecule is Cc1cccc([C@@H](c2c[nH]c3ccccc23)c2c(C)c3c(C)cccc3n2C(C)C)c1. The van der Waals surface area contributed by atoms with Gasteiger partial charge in [-0.25, -0.2) is 0 Å². The molecule has 0 spiro atoms. The van der Waals surface area contributed by atoms with Gasteiger partial charge in [0.15, 0.2) is 0 Å².